The van der Waals surface area contributed by atoms with E-state index in [4.69, 9.17) is 17.3 Å². The molecule has 0 aliphatic carbocycles. The number of hydrogen-bond acceptors (Lipinski definition) is 2. The summed E-state index contributed by atoms with van der Waals surface area (Å²) in [7, 11) is 0. The molecule has 17 heavy (non-hydrogen) atoms. The molecule has 1 aromatic rings. The number of halogens is 2. The summed E-state index contributed by atoms with van der Waals surface area (Å²) in [6.45, 7) is 6.08. The highest BCUT2D eigenvalue weighted by molar-refractivity contribution is 6.31. The first-order valence-electron chi connectivity index (χ1n) is 5.93. The quantitative estimate of drug-likeness (QED) is 0.882. The molecule has 94 valence electrons. The lowest BCUT2D eigenvalue weighted by molar-refractivity contribution is 0.253. The van der Waals surface area contributed by atoms with E-state index >= 15 is 0 Å². The largest absolute Gasteiger partial charge is 0.326 e. The van der Waals surface area contributed by atoms with Gasteiger partial charge in [-0.2, -0.15) is 0 Å². The van der Waals surface area contributed by atoms with Crippen LogP contribution in [0.1, 0.15) is 25.5 Å². The maximum Gasteiger partial charge on any atom is 0.124 e. The molecule has 0 radical (unpaired) electrons. The van der Waals surface area contributed by atoms with Crippen LogP contribution in [0.4, 0.5) is 4.39 Å². The fraction of sp³-hybridized carbons (Fsp3) is 0.538. The Morgan fingerprint density at radius 2 is 2.18 bits per heavy atom. The zero-order valence-corrected chi connectivity index (χ0v) is 10.9. The van der Waals surface area contributed by atoms with Crippen molar-refractivity contribution in [3.8, 4) is 0 Å². The molecule has 3 atom stereocenters. The van der Waals surface area contributed by atoms with Crippen LogP contribution in [0.25, 0.3) is 0 Å². The van der Waals surface area contributed by atoms with Crippen molar-refractivity contribution in [2.24, 2.45) is 11.7 Å². The maximum absolute atomic E-state index is 13.0. The van der Waals surface area contributed by atoms with Gasteiger partial charge in [0.1, 0.15) is 5.82 Å². The zero-order chi connectivity index (χ0) is 12.6. The van der Waals surface area contributed by atoms with Gasteiger partial charge in [-0.1, -0.05) is 24.6 Å². The van der Waals surface area contributed by atoms with Gasteiger partial charge >= 0.3 is 0 Å². The summed E-state index contributed by atoms with van der Waals surface area (Å²) in [5.74, 6) is 0.203. The Bertz CT molecular complexity index is 400. The van der Waals surface area contributed by atoms with Gasteiger partial charge in [-0.15, -0.1) is 0 Å². The molecule has 1 heterocycles. The van der Waals surface area contributed by atoms with Crippen LogP contribution < -0.4 is 5.73 Å². The Labute approximate surface area is 107 Å². The average Bonchev–Trinajstić information content (AvgIpc) is 2.58. The van der Waals surface area contributed by atoms with E-state index in [1.807, 2.05) is 0 Å². The first kappa shape index (κ1) is 12.8. The van der Waals surface area contributed by atoms with Gasteiger partial charge in [-0.25, -0.2) is 4.39 Å². The second kappa shape index (κ2) is 4.92. The molecule has 1 aromatic carbocycles. The molecule has 0 saturated carbocycles. The average molecular weight is 257 g/mol. The molecule has 0 amide bonds. The molecular formula is C13H18ClFN2. The van der Waals surface area contributed by atoms with Crippen molar-refractivity contribution in [2.45, 2.75) is 25.9 Å². The third-order valence-corrected chi connectivity index (χ3v) is 3.99. The fourth-order valence-electron chi connectivity index (χ4n) is 2.38. The van der Waals surface area contributed by atoms with E-state index in [9.17, 15) is 4.39 Å². The first-order valence-corrected chi connectivity index (χ1v) is 6.31. The number of nitrogens with zero attached hydrogens (tertiary/aromatic N) is 1. The minimum atomic E-state index is -0.294. The summed E-state index contributed by atoms with van der Waals surface area (Å²) in [6, 6.07) is 4.98. The summed E-state index contributed by atoms with van der Waals surface area (Å²) in [4.78, 5) is 2.30. The molecule has 2 nitrogen and oxygen atoms in total. The minimum Gasteiger partial charge on any atom is -0.326 e. The Hall–Kier alpha value is -0.640. The lowest BCUT2D eigenvalue weighted by atomic mass is 10.1. The predicted molar refractivity (Wildman–Crippen MR) is 68.5 cm³/mol. The van der Waals surface area contributed by atoms with Crippen LogP contribution in [0.15, 0.2) is 18.2 Å². The van der Waals surface area contributed by atoms with Crippen LogP contribution in [0.5, 0.6) is 0 Å². The van der Waals surface area contributed by atoms with E-state index in [1.165, 1.54) is 12.1 Å². The molecule has 0 spiro atoms. The fourth-order valence-corrected chi connectivity index (χ4v) is 2.71. The zero-order valence-electron chi connectivity index (χ0n) is 10.2. The molecule has 0 bridgehead atoms. The standard InChI is InChI=1S/C13H18ClFN2/c1-8-6-17(7-13(8)16)9(2)11-4-3-10(15)5-12(11)14/h3-5,8-9,13H,6-7,16H2,1-2H3. The Morgan fingerprint density at radius 3 is 2.71 bits per heavy atom. The van der Waals surface area contributed by atoms with Crippen molar-refractivity contribution in [1.82, 2.24) is 4.90 Å². The van der Waals surface area contributed by atoms with Crippen molar-refractivity contribution >= 4 is 11.6 Å². The SMILES string of the molecule is CC1CN(C(C)c2ccc(F)cc2Cl)CC1N. The Morgan fingerprint density at radius 1 is 1.47 bits per heavy atom. The summed E-state index contributed by atoms with van der Waals surface area (Å²) in [5, 5.41) is 0.491. The van der Waals surface area contributed by atoms with Gasteiger partial charge in [0.2, 0.25) is 0 Å². The van der Waals surface area contributed by atoms with Crippen LogP contribution >= 0.6 is 11.6 Å². The van der Waals surface area contributed by atoms with Gasteiger partial charge in [-0.05, 0) is 30.5 Å². The van der Waals surface area contributed by atoms with E-state index < -0.39 is 0 Å². The maximum atomic E-state index is 13.0. The highest BCUT2D eigenvalue weighted by atomic mass is 35.5. The highest BCUT2D eigenvalue weighted by Crippen LogP contribution is 2.31. The van der Waals surface area contributed by atoms with Crippen LogP contribution in [0.3, 0.4) is 0 Å². The van der Waals surface area contributed by atoms with Gasteiger partial charge < -0.3 is 5.73 Å². The molecule has 2 rings (SSSR count). The van der Waals surface area contributed by atoms with Crippen molar-refractivity contribution in [3.05, 3.63) is 34.6 Å². The Balaban J connectivity index is 2.17. The molecular weight excluding hydrogens is 239 g/mol. The second-order valence-electron chi connectivity index (χ2n) is 4.94. The number of nitrogens with two attached hydrogens (primary N) is 1. The molecule has 1 saturated heterocycles. The van der Waals surface area contributed by atoms with Crippen molar-refractivity contribution in [2.75, 3.05) is 13.1 Å². The highest BCUT2D eigenvalue weighted by Gasteiger charge is 2.30. The lowest BCUT2D eigenvalue weighted by Crippen LogP contribution is -2.29. The molecule has 0 aromatic heterocycles. The normalized spacial score (nSPS) is 27.4. The molecule has 1 fully saturated rings. The van der Waals surface area contributed by atoms with Crippen LogP contribution in [0, 0.1) is 11.7 Å². The number of hydrogen-bond donors (Lipinski definition) is 1. The van der Waals surface area contributed by atoms with Crippen molar-refractivity contribution in [1.29, 1.82) is 0 Å². The lowest BCUT2D eigenvalue weighted by Gasteiger charge is -2.25. The smallest absolute Gasteiger partial charge is 0.124 e. The van der Waals surface area contributed by atoms with Gasteiger partial charge in [0.15, 0.2) is 0 Å². The van der Waals surface area contributed by atoms with Gasteiger partial charge in [0.25, 0.3) is 0 Å². The third-order valence-electron chi connectivity index (χ3n) is 3.66. The Kier molecular flexibility index (Phi) is 3.71. The van der Waals surface area contributed by atoms with Gasteiger partial charge in [-0.3, -0.25) is 4.90 Å². The van der Waals surface area contributed by atoms with Gasteiger partial charge in [0.05, 0.1) is 0 Å². The van der Waals surface area contributed by atoms with E-state index in [0.29, 0.717) is 10.9 Å². The van der Waals surface area contributed by atoms with Crippen LogP contribution in [-0.4, -0.2) is 24.0 Å². The van der Waals surface area contributed by atoms with Crippen LogP contribution in [0.2, 0.25) is 5.02 Å². The topological polar surface area (TPSA) is 29.3 Å². The predicted octanol–water partition coefficient (Wildman–Crippen LogP) is 2.82. The molecule has 1 aliphatic heterocycles. The number of rotatable bonds is 2. The van der Waals surface area contributed by atoms with E-state index in [1.54, 1.807) is 6.07 Å². The third kappa shape index (κ3) is 2.62. The summed E-state index contributed by atoms with van der Waals surface area (Å²) >= 11 is 6.08. The number of likely N-dealkylation sites (tertiary alicyclic amines) is 1. The summed E-state index contributed by atoms with van der Waals surface area (Å²) in [5.41, 5.74) is 6.98. The molecule has 3 unspecified atom stereocenters. The monoisotopic (exact) mass is 256 g/mol. The van der Waals surface area contributed by atoms with Gasteiger partial charge in [0, 0.05) is 30.2 Å². The van der Waals surface area contributed by atoms with Crippen molar-refractivity contribution < 1.29 is 4.39 Å². The molecule has 4 heteroatoms. The van der Waals surface area contributed by atoms with E-state index in [2.05, 4.69) is 18.7 Å². The van der Waals surface area contributed by atoms with Crippen LogP contribution in [-0.2, 0) is 0 Å². The van der Waals surface area contributed by atoms with Crippen molar-refractivity contribution in [3.63, 3.8) is 0 Å². The van der Waals surface area contributed by atoms with E-state index in [0.717, 1.165) is 18.7 Å². The summed E-state index contributed by atoms with van der Waals surface area (Å²) < 4.78 is 13.0. The first-order chi connectivity index (χ1) is 7.99. The minimum absolute atomic E-state index is 0.180. The molecule has 2 N–H and O–H groups in total. The summed E-state index contributed by atoms with van der Waals surface area (Å²) in [6.07, 6.45) is 0. The molecule has 1 aliphatic rings. The number of benzene rings is 1. The second-order valence-corrected chi connectivity index (χ2v) is 5.34. The van der Waals surface area contributed by atoms with E-state index in [-0.39, 0.29) is 17.9 Å².